The predicted octanol–water partition coefficient (Wildman–Crippen LogP) is 2.25. The zero-order valence-corrected chi connectivity index (χ0v) is 9.23. The Labute approximate surface area is 95.9 Å². The van der Waals surface area contributed by atoms with Gasteiger partial charge in [0.1, 0.15) is 11.4 Å². The highest BCUT2D eigenvalue weighted by molar-refractivity contribution is 5.35. The second-order valence-corrected chi connectivity index (χ2v) is 3.39. The van der Waals surface area contributed by atoms with Crippen LogP contribution in [0.1, 0.15) is 12.0 Å². The van der Waals surface area contributed by atoms with Crippen LogP contribution in [0.25, 0.3) is 0 Å². The van der Waals surface area contributed by atoms with Gasteiger partial charge in [-0.05, 0) is 23.8 Å². The van der Waals surface area contributed by atoms with Crippen molar-refractivity contribution in [3.05, 3.63) is 48.2 Å². The van der Waals surface area contributed by atoms with Gasteiger partial charge in [-0.15, -0.1) is 18.1 Å². The molecular formula is C14H14O2. The van der Waals surface area contributed by atoms with Gasteiger partial charge in [0.25, 0.3) is 0 Å². The molecule has 1 aromatic rings. The van der Waals surface area contributed by atoms with Crippen molar-refractivity contribution >= 4 is 0 Å². The van der Waals surface area contributed by atoms with Crippen molar-refractivity contribution in [2.24, 2.45) is 0 Å². The molecular weight excluding hydrogens is 200 g/mol. The second-order valence-electron chi connectivity index (χ2n) is 3.39. The normalized spacial score (nSPS) is 13.1. The number of terminal acetylenes is 1. The van der Waals surface area contributed by atoms with Gasteiger partial charge in [0, 0.05) is 6.42 Å². The summed E-state index contributed by atoms with van der Waals surface area (Å²) in [5.41, 5.74) is 2.00. The van der Waals surface area contributed by atoms with Crippen LogP contribution in [0.2, 0.25) is 0 Å². The number of benzene rings is 1. The lowest BCUT2D eigenvalue weighted by Gasteiger charge is -2.22. The van der Waals surface area contributed by atoms with E-state index in [1.54, 1.807) is 31.4 Å². The van der Waals surface area contributed by atoms with Crippen LogP contribution in [0.5, 0.6) is 5.75 Å². The molecule has 2 heteroatoms. The van der Waals surface area contributed by atoms with Crippen molar-refractivity contribution in [3.63, 3.8) is 0 Å². The minimum atomic E-state index is -1.23. The summed E-state index contributed by atoms with van der Waals surface area (Å²) in [5.74, 6) is 3.11. The smallest absolute Gasteiger partial charge is 0.126 e. The molecule has 1 aromatic carbocycles. The van der Waals surface area contributed by atoms with Crippen molar-refractivity contribution in [1.82, 2.24) is 0 Å². The maximum atomic E-state index is 10.3. The molecule has 0 spiro atoms. The number of aliphatic hydroxyl groups is 1. The fraction of sp³-hybridized carbons (Fsp3) is 0.214. The molecule has 0 bridgehead atoms. The molecule has 1 N–H and O–H groups in total. The lowest BCUT2D eigenvalue weighted by atomic mass is 9.90. The zero-order chi connectivity index (χ0) is 12.0. The van der Waals surface area contributed by atoms with Crippen LogP contribution in [0, 0.1) is 12.3 Å². The molecule has 1 atom stereocenters. The molecule has 0 saturated heterocycles. The van der Waals surface area contributed by atoms with Crippen molar-refractivity contribution < 1.29 is 9.84 Å². The van der Waals surface area contributed by atoms with Crippen molar-refractivity contribution in [2.75, 3.05) is 7.11 Å². The molecule has 0 heterocycles. The van der Waals surface area contributed by atoms with Gasteiger partial charge in [0.15, 0.2) is 0 Å². The molecule has 0 saturated carbocycles. The van der Waals surface area contributed by atoms with Crippen LogP contribution in [0.3, 0.4) is 0 Å². The van der Waals surface area contributed by atoms with E-state index < -0.39 is 5.60 Å². The first kappa shape index (κ1) is 12.1. The molecule has 1 rings (SSSR count). The maximum Gasteiger partial charge on any atom is 0.126 e. The minimum absolute atomic E-state index is 0.169. The summed E-state index contributed by atoms with van der Waals surface area (Å²) in [5, 5.41) is 10.3. The van der Waals surface area contributed by atoms with E-state index in [-0.39, 0.29) is 6.42 Å². The standard InChI is InChI=1S/C14H14O2/c1-4-9-14(15,10-5-2)12-7-6-8-13(11-12)16-3/h1,6-8,10-11,15H,2,9H2,3H3. The molecule has 0 aliphatic carbocycles. The summed E-state index contributed by atoms with van der Waals surface area (Å²) in [6.07, 6.45) is 6.87. The van der Waals surface area contributed by atoms with Crippen molar-refractivity contribution in [2.45, 2.75) is 12.0 Å². The van der Waals surface area contributed by atoms with E-state index in [9.17, 15) is 5.11 Å². The summed E-state index contributed by atoms with van der Waals surface area (Å²) in [7, 11) is 1.57. The highest BCUT2D eigenvalue weighted by Gasteiger charge is 2.25. The molecule has 0 aromatic heterocycles. The second kappa shape index (κ2) is 5.23. The molecule has 0 aliphatic heterocycles. The summed E-state index contributed by atoms with van der Waals surface area (Å²) < 4.78 is 5.09. The van der Waals surface area contributed by atoms with Crippen LogP contribution in [0.4, 0.5) is 0 Å². The SMILES string of the molecule is C#CCC(O)(C=C=C)c1cccc(OC)c1. The molecule has 0 aliphatic rings. The molecule has 2 nitrogen and oxygen atoms in total. The van der Waals surface area contributed by atoms with Gasteiger partial charge in [0.05, 0.1) is 7.11 Å². The van der Waals surface area contributed by atoms with Gasteiger partial charge < -0.3 is 9.84 Å². The zero-order valence-electron chi connectivity index (χ0n) is 9.23. The van der Waals surface area contributed by atoms with Crippen LogP contribution in [-0.4, -0.2) is 12.2 Å². The number of ether oxygens (including phenoxy) is 1. The van der Waals surface area contributed by atoms with Crippen LogP contribution < -0.4 is 4.74 Å². The molecule has 0 fully saturated rings. The minimum Gasteiger partial charge on any atom is -0.497 e. The van der Waals surface area contributed by atoms with E-state index >= 15 is 0 Å². The number of rotatable bonds is 4. The summed E-state index contributed by atoms with van der Waals surface area (Å²) in [6.45, 7) is 3.46. The maximum absolute atomic E-state index is 10.3. The lowest BCUT2D eigenvalue weighted by Crippen LogP contribution is -2.21. The number of methoxy groups -OCH3 is 1. The molecule has 82 valence electrons. The van der Waals surface area contributed by atoms with Gasteiger partial charge in [0.2, 0.25) is 0 Å². The van der Waals surface area contributed by atoms with E-state index in [1.807, 2.05) is 0 Å². The highest BCUT2D eigenvalue weighted by Crippen LogP contribution is 2.28. The third-order valence-corrected chi connectivity index (χ3v) is 2.28. The average Bonchev–Trinajstić information content (AvgIpc) is 2.30. The first-order valence-corrected chi connectivity index (χ1v) is 4.83. The van der Waals surface area contributed by atoms with E-state index in [0.29, 0.717) is 11.3 Å². The van der Waals surface area contributed by atoms with Crippen molar-refractivity contribution in [1.29, 1.82) is 0 Å². The van der Waals surface area contributed by atoms with E-state index in [2.05, 4.69) is 18.2 Å². The Hall–Kier alpha value is -1.94. The largest absolute Gasteiger partial charge is 0.497 e. The van der Waals surface area contributed by atoms with Gasteiger partial charge >= 0.3 is 0 Å². The van der Waals surface area contributed by atoms with E-state index in [4.69, 9.17) is 11.2 Å². The first-order valence-electron chi connectivity index (χ1n) is 4.83. The number of hydrogen-bond donors (Lipinski definition) is 1. The van der Waals surface area contributed by atoms with Crippen molar-refractivity contribution in [3.8, 4) is 18.1 Å². The van der Waals surface area contributed by atoms with Gasteiger partial charge in [-0.1, -0.05) is 18.7 Å². The highest BCUT2D eigenvalue weighted by atomic mass is 16.5. The fourth-order valence-corrected chi connectivity index (χ4v) is 1.45. The summed E-state index contributed by atoms with van der Waals surface area (Å²) in [4.78, 5) is 0. The molecule has 16 heavy (non-hydrogen) atoms. The first-order chi connectivity index (χ1) is 7.66. The quantitative estimate of drug-likeness (QED) is 0.615. The Morgan fingerprint density at radius 1 is 1.62 bits per heavy atom. The molecule has 0 amide bonds. The van der Waals surface area contributed by atoms with Gasteiger partial charge in [-0.2, -0.15) is 0 Å². The van der Waals surface area contributed by atoms with E-state index in [0.717, 1.165) is 0 Å². The fourth-order valence-electron chi connectivity index (χ4n) is 1.45. The van der Waals surface area contributed by atoms with E-state index in [1.165, 1.54) is 6.08 Å². The Balaban J connectivity index is 3.21. The van der Waals surface area contributed by atoms with Crippen LogP contribution >= 0.6 is 0 Å². The Kier molecular flexibility index (Phi) is 3.96. The topological polar surface area (TPSA) is 29.5 Å². The third-order valence-electron chi connectivity index (χ3n) is 2.28. The Morgan fingerprint density at radius 2 is 2.38 bits per heavy atom. The Bertz CT molecular complexity index is 450. The monoisotopic (exact) mass is 214 g/mol. The summed E-state index contributed by atoms with van der Waals surface area (Å²) in [6, 6.07) is 7.13. The van der Waals surface area contributed by atoms with Crippen LogP contribution in [-0.2, 0) is 5.60 Å². The molecule has 1 unspecified atom stereocenters. The number of hydrogen-bond acceptors (Lipinski definition) is 2. The predicted molar refractivity (Wildman–Crippen MR) is 64.1 cm³/mol. The average molecular weight is 214 g/mol. The Morgan fingerprint density at radius 3 is 2.94 bits per heavy atom. The van der Waals surface area contributed by atoms with Gasteiger partial charge in [-0.25, -0.2) is 0 Å². The molecule has 0 radical (unpaired) electrons. The summed E-state index contributed by atoms with van der Waals surface area (Å²) >= 11 is 0. The van der Waals surface area contributed by atoms with Crippen LogP contribution in [0.15, 0.2) is 42.7 Å². The van der Waals surface area contributed by atoms with Gasteiger partial charge in [-0.3, -0.25) is 0 Å². The third kappa shape index (κ3) is 2.55. The lowest BCUT2D eigenvalue weighted by molar-refractivity contribution is 0.0953.